The van der Waals surface area contributed by atoms with Gasteiger partial charge in [0.2, 0.25) is 10.0 Å². The van der Waals surface area contributed by atoms with Gasteiger partial charge in [0.15, 0.2) is 0 Å². The van der Waals surface area contributed by atoms with Crippen LogP contribution in [-0.2, 0) is 15.6 Å². The maximum atomic E-state index is 11.3. The number of ether oxygens (including phenoxy) is 1. The molecule has 0 unspecified atom stereocenters. The van der Waals surface area contributed by atoms with Gasteiger partial charge in [0.1, 0.15) is 5.75 Å². The SMILES string of the molecule is NC1(c2ccnc(Oc3ccc(S(N)(=O)=O)cc3)n2)CCCCC1. The minimum Gasteiger partial charge on any atom is -0.424 e. The van der Waals surface area contributed by atoms with Crippen molar-refractivity contribution in [1.29, 1.82) is 0 Å². The monoisotopic (exact) mass is 348 g/mol. The molecule has 1 aliphatic rings. The van der Waals surface area contributed by atoms with Gasteiger partial charge >= 0.3 is 6.01 Å². The van der Waals surface area contributed by atoms with Crippen LogP contribution < -0.4 is 15.6 Å². The van der Waals surface area contributed by atoms with Gasteiger partial charge in [-0.05, 0) is 43.2 Å². The molecule has 0 amide bonds. The van der Waals surface area contributed by atoms with E-state index in [0.717, 1.165) is 31.4 Å². The summed E-state index contributed by atoms with van der Waals surface area (Å²) >= 11 is 0. The molecule has 4 N–H and O–H groups in total. The Morgan fingerprint density at radius 1 is 1.04 bits per heavy atom. The molecular formula is C16H20N4O3S. The fraction of sp³-hybridized carbons (Fsp3) is 0.375. The van der Waals surface area contributed by atoms with Crippen LogP contribution >= 0.6 is 0 Å². The molecule has 24 heavy (non-hydrogen) atoms. The highest BCUT2D eigenvalue weighted by Crippen LogP contribution is 2.34. The van der Waals surface area contributed by atoms with Crippen molar-refractivity contribution in [3.05, 3.63) is 42.2 Å². The second-order valence-corrected chi connectivity index (χ2v) is 7.62. The summed E-state index contributed by atoms with van der Waals surface area (Å²) in [6, 6.07) is 7.78. The second-order valence-electron chi connectivity index (χ2n) is 6.06. The number of benzene rings is 1. The summed E-state index contributed by atoms with van der Waals surface area (Å²) in [7, 11) is -3.73. The van der Waals surface area contributed by atoms with E-state index in [1.807, 2.05) is 6.07 Å². The fourth-order valence-electron chi connectivity index (χ4n) is 2.91. The Hall–Kier alpha value is -2.03. The lowest BCUT2D eigenvalue weighted by molar-refractivity contribution is 0.291. The van der Waals surface area contributed by atoms with Crippen molar-refractivity contribution in [2.45, 2.75) is 42.5 Å². The predicted molar refractivity (Wildman–Crippen MR) is 88.9 cm³/mol. The first-order valence-corrected chi connectivity index (χ1v) is 9.35. The maximum absolute atomic E-state index is 11.3. The molecule has 1 aliphatic carbocycles. The minimum absolute atomic E-state index is 0.0210. The molecule has 1 heterocycles. The number of rotatable bonds is 4. The van der Waals surface area contributed by atoms with E-state index >= 15 is 0 Å². The van der Waals surface area contributed by atoms with E-state index in [4.69, 9.17) is 15.6 Å². The summed E-state index contributed by atoms with van der Waals surface area (Å²) in [5, 5.41) is 5.07. The molecule has 8 heteroatoms. The molecule has 0 atom stereocenters. The molecule has 1 saturated carbocycles. The van der Waals surface area contributed by atoms with E-state index in [0.29, 0.717) is 5.75 Å². The van der Waals surface area contributed by atoms with Crippen LogP contribution in [0, 0.1) is 0 Å². The normalized spacial score (nSPS) is 17.4. The van der Waals surface area contributed by atoms with Crippen molar-refractivity contribution in [2.24, 2.45) is 10.9 Å². The van der Waals surface area contributed by atoms with Crippen LogP contribution in [0.4, 0.5) is 0 Å². The lowest BCUT2D eigenvalue weighted by Crippen LogP contribution is -2.39. The highest BCUT2D eigenvalue weighted by molar-refractivity contribution is 7.89. The molecule has 2 aromatic rings. The fourth-order valence-corrected chi connectivity index (χ4v) is 3.42. The first kappa shape index (κ1) is 16.8. The van der Waals surface area contributed by atoms with Gasteiger partial charge in [0.05, 0.1) is 16.1 Å². The highest BCUT2D eigenvalue weighted by Gasteiger charge is 2.31. The van der Waals surface area contributed by atoms with Crippen LogP contribution in [0.25, 0.3) is 0 Å². The van der Waals surface area contributed by atoms with Crippen molar-refractivity contribution in [3.63, 3.8) is 0 Å². The molecule has 1 aromatic carbocycles. The Morgan fingerprint density at radius 3 is 2.33 bits per heavy atom. The van der Waals surface area contributed by atoms with E-state index in [9.17, 15) is 8.42 Å². The number of hydrogen-bond acceptors (Lipinski definition) is 6. The molecule has 128 valence electrons. The van der Waals surface area contributed by atoms with Crippen molar-refractivity contribution in [3.8, 4) is 11.8 Å². The summed E-state index contributed by atoms with van der Waals surface area (Å²) in [6.45, 7) is 0. The topological polar surface area (TPSA) is 121 Å². The third-order valence-electron chi connectivity index (χ3n) is 4.25. The van der Waals surface area contributed by atoms with Crippen molar-refractivity contribution < 1.29 is 13.2 Å². The van der Waals surface area contributed by atoms with Gasteiger partial charge in [-0.15, -0.1) is 0 Å². The lowest BCUT2D eigenvalue weighted by Gasteiger charge is -2.32. The summed E-state index contributed by atoms with van der Waals surface area (Å²) in [5.74, 6) is 0.425. The average Bonchev–Trinajstić information content (AvgIpc) is 2.55. The van der Waals surface area contributed by atoms with Gasteiger partial charge in [-0.25, -0.2) is 18.5 Å². The first-order chi connectivity index (χ1) is 11.4. The molecule has 0 aliphatic heterocycles. The Bertz CT molecular complexity index is 815. The van der Waals surface area contributed by atoms with Gasteiger partial charge < -0.3 is 10.5 Å². The summed E-state index contributed by atoms with van der Waals surface area (Å²) in [5.41, 5.74) is 6.82. The Labute approximate surface area is 141 Å². The van der Waals surface area contributed by atoms with Crippen LogP contribution in [0.15, 0.2) is 41.4 Å². The molecule has 0 radical (unpaired) electrons. The van der Waals surface area contributed by atoms with Crippen LogP contribution in [0.3, 0.4) is 0 Å². The van der Waals surface area contributed by atoms with Gasteiger partial charge in [0.25, 0.3) is 0 Å². The number of hydrogen-bond donors (Lipinski definition) is 2. The standard InChI is InChI=1S/C16H20N4O3S/c17-16(9-2-1-3-10-16)14-8-11-19-15(20-14)23-12-4-6-13(7-5-12)24(18,21)22/h4-8,11H,1-3,9-10,17H2,(H2,18,21,22). The smallest absolute Gasteiger partial charge is 0.322 e. The number of primary sulfonamides is 1. The Kier molecular flexibility index (Phi) is 4.53. The van der Waals surface area contributed by atoms with E-state index in [1.165, 1.54) is 30.7 Å². The van der Waals surface area contributed by atoms with Gasteiger partial charge in [0, 0.05) is 6.20 Å². The third-order valence-corrected chi connectivity index (χ3v) is 5.18. The van der Waals surface area contributed by atoms with E-state index in [-0.39, 0.29) is 10.9 Å². The minimum atomic E-state index is -3.73. The third kappa shape index (κ3) is 3.72. The zero-order valence-corrected chi connectivity index (χ0v) is 14.0. The van der Waals surface area contributed by atoms with Crippen LogP contribution in [0.5, 0.6) is 11.8 Å². The maximum Gasteiger partial charge on any atom is 0.322 e. The molecule has 3 rings (SSSR count). The number of nitrogens with two attached hydrogens (primary N) is 2. The zero-order valence-electron chi connectivity index (χ0n) is 13.2. The molecule has 1 aromatic heterocycles. The van der Waals surface area contributed by atoms with E-state index < -0.39 is 15.6 Å². The van der Waals surface area contributed by atoms with E-state index in [2.05, 4.69) is 9.97 Å². The quantitative estimate of drug-likeness (QED) is 0.872. The summed E-state index contributed by atoms with van der Waals surface area (Å²) in [4.78, 5) is 8.55. The first-order valence-electron chi connectivity index (χ1n) is 7.80. The highest BCUT2D eigenvalue weighted by atomic mass is 32.2. The van der Waals surface area contributed by atoms with Gasteiger partial charge in [-0.3, -0.25) is 0 Å². The molecule has 0 spiro atoms. The average molecular weight is 348 g/mol. The number of sulfonamides is 1. The molecule has 1 fully saturated rings. The van der Waals surface area contributed by atoms with Crippen molar-refractivity contribution in [1.82, 2.24) is 9.97 Å². The predicted octanol–water partition coefficient (Wildman–Crippen LogP) is 2.03. The van der Waals surface area contributed by atoms with Crippen LogP contribution in [0.1, 0.15) is 37.8 Å². The lowest BCUT2D eigenvalue weighted by atomic mass is 9.80. The molecule has 0 saturated heterocycles. The van der Waals surface area contributed by atoms with Gasteiger partial charge in [-0.2, -0.15) is 4.98 Å². The van der Waals surface area contributed by atoms with Gasteiger partial charge in [-0.1, -0.05) is 19.3 Å². The number of nitrogens with zero attached hydrogens (tertiary/aromatic N) is 2. The van der Waals surface area contributed by atoms with Crippen molar-refractivity contribution >= 4 is 10.0 Å². The van der Waals surface area contributed by atoms with Crippen molar-refractivity contribution in [2.75, 3.05) is 0 Å². The zero-order chi connectivity index (χ0) is 17.2. The van der Waals surface area contributed by atoms with Crippen LogP contribution in [0.2, 0.25) is 0 Å². The molecule has 7 nitrogen and oxygen atoms in total. The van der Waals surface area contributed by atoms with Crippen LogP contribution in [-0.4, -0.2) is 18.4 Å². The largest absolute Gasteiger partial charge is 0.424 e. The van der Waals surface area contributed by atoms with E-state index in [1.54, 1.807) is 6.20 Å². The molecule has 0 bridgehead atoms. The summed E-state index contributed by atoms with van der Waals surface area (Å²) < 4.78 is 28.1. The Morgan fingerprint density at radius 2 is 1.71 bits per heavy atom. The number of aromatic nitrogens is 2. The Balaban J connectivity index is 1.80. The summed E-state index contributed by atoms with van der Waals surface area (Å²) in [6.07, 6.45) is 6.79. The molecular weight excluding hydrogens is 328 g/mol. The second kappa shape index (κ2) is 6.46.